The molecule has 1 aliphatic rings. The normalized spacial score (nSPS) is 24.5. The lowest BCUT2D eigenvalue weighted by Crippen LogP contribution is -2.42. The minimum absolute atomic E-state index is 0.110. The van der Waals surface area contributed by atoms with Gasteiger partial charge in [-0.15, -0.1) is 0 Å². The molecule has 1 saturated heterocycles. The van der Waals surface area contributed by atoms with Crippen molar-refractivity contribution in [1.82, 2.24) is 10.3 Å². The summed E-state index contributed by atoms with van der Waals surface area (Å²) < 4.78 is 0. The molecular weight excluding hydrogens is 174 g/mol. The zero-order valence-electron chi connectivity index (χ0n) is 8.32. The summed E-state index contributed by atoms with van der Waals surface area (Å²) in [5.41, 5.74) is 7.36. The first kappa shape index (κ1) is 9.62. The van der Waals surface area contributed by atoms with Gasteiger partial charge in [-0.05, 0) is 37.1 Å². The fourth-order valence-electron chi connectivity index (χ4n) is 2.00. The highest BCUT2D eigenvalue weighted by molar-refractivity contribution is 5.16. The van der Waals surface area contributed by atoms with Gasteiger partial charge in [-0.1, -0.05) is 6.42 Å². The predicted octanol–water partition coefficient (Wildman–Crippen LogP) is 1.22. The van der Waals surface area contributed by atoms with Crippen LogP contribution in [-0.4, -0.2) is 17.6 Å². The van der Waals surface area contributed by atoms with E-state index in [1.807, 2.05) is 12.1 Å². The molecule has 3 nitrogen and oxygen atoms in total. The van der Waals surface area contributed by atoms with Crippen molar-refractivity contribution in [3.63, 3.8) is 0 Å². The van der Waals surface area contributed by atoms with E-state index >= 15 is 0 Å². The van der Waals surface area contributed by atoms with E-state index in [0.29, 0.717) is 6.04 Å². The Morgan fingerprint density at radius 3 is 2.79 bits per heavy atom. The van der Waals surface area contributed by atoms with E-state index in [9.17, 15) is 0 Å². The van der Waals surface area contributed by atoms with E-state index in [1.54, 1.807) is 12.4 Å². The fraction of sp³-hybridized carbons (Fsp3) is 0.545. The number of nitrogens with one attached hydrogen (secondary N) is 1. The number of pyridine rings is 1. The first-order valence-electron chi connectivity index (χ1n) is 5.27. The Morgan fingerprint density at radius 1 is 1.36 bits per heavy atom. The Labute approximate surface area is 84.7 Å². The van der Waals surface area contributed by atoms with E-state index in [2.05, 4.69) is 10.3 Å². The van der Waals surface area contributed by atoms with Crippen LogP contribution < -0.4 is 11.1 Å². The average molecular weight is 191 g/mol. The topological polar surface area (TPSA) is 50.9 Å². The zero-order valence-corrected chi connectivity index (χ0v) is 8.32. The summed E-state index contributed by atoms with van der Waals surface area (Å²) in [5, 5.41) is 3.47. The lowest BCUT2D eigenvalue weighted by atomic mass is 9.94. The maximum Gasteiger partial charge on any atom is 0.0451 e. The Hall–Kier alpha value is -0.930. The van der Waals surface area contributed by atoms with Crippen LogP contribution in [0.5, 0.6) is 0 Å². The van der Waals surface area contributed by atoms with Crippen LogP contribution in [0.4, 0.5) is 0 Å². The molecule has 0 spiro atoms. The van der Waals surface area contributed by atoms with Crippen molar-refractivity contribution in [3.8, 4) is 0 Å². The van der Waals surface area contributed by atoms with Gasteiger partial charge >= 0.3 is 0 Å². The van der Waals surface area contributed by atoms with Gasteiger partial charge in [0.25, 0.3) is 0 Å². The van der Waals surface area contributed by atoms with Gasteiger partial charge in [-0.2, -0.15) is 0 Å². The van der Waals surface area contributed by atoms with Gasteiger partial charge in [0.1, 0.15) is 0 Å². The van der Waals surface area contributed by atoms with Crippen LogP contribution in [0.1, 0.15) is 30.9 Å². The SMILES string of the molecule is NC(c1ccncc1)C1CCCCN1. The van der Waals surface area contributed by atoms with Crippen LogP contribution in [0, 0.1) is 0 Å². The van der Waals surface area contributed by atoms with E-state index in [-0.39, 0.29) is 6.04 Å². The van der Waals surface area contributed by atoms with Gasteiger partial charge in [0.05, 0.1) is 0 Å². The summed E-state index contributed by atoms with van der Waals surface area (Å²) in [5.74, 6) is 0. The van der Waals surface area contributed by atoms with Gasteiger partial charge in [0.15, 0.2) is 0 Å². The molecule has 0 saturated carbocycles. The highest BCUT2D eigenvalue weighted by Gasteiger charge is 2.20. The second-order valence-electron chi connectivity index (χ2n) is 3.86. The molecule has 1 aromatic rings. The van der Waals surface area contributed by atoms with Crippen LogP contribution in [0.2, 0.25) is 0 Å². The van der Waals surface area contributed by atoms with Crippen molar-refractivity contribution >= 4 is 0 Å². The quantitative estimate of drug-likeness (QED) is 0.739. The van der Waals surface area contributed by atoms with Gasteiger partial charge in [-0.25, -0.2) is 0 Å². The monoisotopic (exact) mass is 191 g/mol. The van der Waals surface area contributed by atoms with Gasteiger partial charge in [0.2, 0.25) is 0 Å². The molecule has 0 amide bonds. The molecule has 3 N–H and O–H groups in total. The van der Waals surface area contributed by atoms with E-state index in [4.69, 9.17) is 5.73 Å². The third kappa shape index (κ3) is 2.11. The van der Waals surface area contributed by atoms with Crippen molar-refractivity contribution in [1.29, 1.82) is 0 Å². The Morgan fingerprint density at radius 2 is 2.14 bits per heavy atom. The minimum Gasteiger partial charge on any atom is -0.323 e. The third-order valence-corrected chi connectivity index (χ3v) is 2.87. The molecule has 1 aliphatic heterocycles. The molecule has 1 fully saturated rings. The number of hydrogen-bond acceptors (Lipinski definition) is 3. The third-order valence-electron chi connectivity index (χ3n) is 2.87. The molecule has 0 radical (unpaired) electrons. The summed E-state index contributed by atoms with van der Waals surface area (Å²) in [7, 11) is 0. The highest BCUT2D eigenvalue weighted by atomic mass is 15.0. The number of nitrogens with two attached hydrogens (primary N) is 1. The van der Waals surface area contributed by atoms with Crippen molar-refractivity contribution in [2.24, 2.45) is 5.73 Å². The van der Waals surface area contributed by atoms with Crippen LogP contribution in [-0.2, 0) is 0 Å². The highest BCUT2D eigenvalue weighted by Crippen LogP contribution is 2.19. The summed E-state index contributed by atoms with van der Waals surface area (Å²) in [6.07, 6.45) is 7.36. The molecule has 14 heavy (non-hydrogen) atoms. The molecule has 2 unspecified atom stereocenters. The smallest absolute Gasteiger partial charge is 0.0451 e. The fourth-order valence-corrected chi connectivity index (χ4v) is 2.00. The van der Waals surface area contributed by atoms with Crippen molar-refractivity contribution < 1.29 is 0 Å². The molecule has 3 heteroatoms. The average Bonchev–Trinajstić information content (AvgIpc) is 2.30. The second-order valence-corrected chi connectivity index (χ2v) is 3.86. The number of hydrogen-bond donors (Lipinski definition) is 2. The molecule has 2 atom stereocenters. The Bertz CT molecular complexity index is 267. The minimum atomic E-state index is 0.110. The summed E-state index contributed by atoms with van der Waals surface area (Å²) >= 11 is 0. The molecule has 2 heterocycles. The van der Waals surface area contributed by atoms with Gasteiger partial charge < -0.3 is 11.1 Å². The van der Waals surface area contributed by atoms with Crippen LogP contribution >= 0.6 is 0 Å². The number of piperidine rings is 1. The molecule has 0 aromatic carbocycles. The number of rotatable bonds is 2. The maximum atomic E-state index is 6.18. The van der Waals surface area contributed by atoms with Crippen LogP contribution in [0.25, 0.3) is 0 Å². The van der Waals surface area contributed by atoms with Gasteiger partial charge in [-0.3, -0.25) is 4.98 Å². The summed E-state index contributed by atoms with van der Waals surface area (Å²) in [6, 6.07) is 4.55. The molecule has 1 aromatic heterocycles. The van der Waals surface area contributed by atoms with Crippen LogP contribution in [0.15, 0.2) is 24.5 Å². The molecule has 2 rings (SSSR count). The lowest BCUT2D eigenvalue weighted by Gasteiger charge is -2.29. The summed E-state index contributed by atoms with van der Waals surface area (Å²) in [4.78, 5) is 4.00. The molecular formula is C11H17N3. The Kier molecular flexibility index (Phi) is 3.11. The molecule has 76 valence electrons. The maximum absolute atomic E-state index is 6.18. The predicted molar refractivity (Wildman–Crippen MR) is 56.8 cm³/mol. The number of aromatic nitrogens is 1. The first-order valence-corrected chi connectivity index (χ1v) is 5.27. The van der Waals surface area contributed by atoms with Crippen molar-refractivity contribution in [2.45, 2.75) is 31.3 Å². The molecule has 0 bridgehead atoms. The van der Waals surface area contributed by atoms with Crippen LogP contribution in [0.3, 0.4) is 0 Å². The van der Waals surface area contributed by atoms with E-state index in [0.717, 1.165) is 6.54 Å². The second kappa shape index (κ2) is 4.53. The van der Waals surface area contributed by atoms with E-state index < -0.39 is 0 Å². The van der Waals surface area contributed by atoms with E-state index in [1.165, 1.54) is 24.8 Å². The first-order chi connectivity index (χ1) is 6.88. The van der Waals surface area contributed by atoms with Crippen molar-refractivity contribution in [2.75, 3.05) is 6.54 Å². The lowest BCUT2D eigenvalue weighted by molar-refractivity contribution is 0.353. The number of nitrogens with zero attached hydrogens (tertiary/aromatic N) is 1. The largest absolute Gasteiger partial charge is 0.323 e. The Balaban J connectivity index is 2.03. The molecule has 0 aliphatic carbocycles. The van der Waals surface area contributed by atoms with Gasteiger partial charge in [0, 0.05) is 24.5 Å². The summed E-state index contributed by atoms with van der Waals surface area (Å²) in [6.45, 7) is 1.10. The van der Waals surface area contributed by atoms with Crippen molar-refractivity contribution in [3.05, 3.63) is 30.1 Å². The standard InChI is InChI=1S/C11H17N3/c12-11(9-4-7-13-8-5-9)10-3-1-2-6-14-10/h4-5,7-8,10-11,14H,1-3,6,12H2. The zero-order chi connectivity index (χ0) is 9.80.